The van der Waals surface area contributed by atoms with Crippen LogP contribution in [0.3, 0.4) is 0 Å². The predicted octanol–water partition coefficient (Wildman–Crippen LogP) is 2.63. The molecule has 1 atom stereocenters. The number of aliphatic hydroxyl groups excluding tert-OH is 1. The van der Waals surface area contributed by atoms with Crippen LogP contribution in [0.2, 0.25) is 0 Å². The summed E-state index contributed by atoms with van der Waals surface area (Å²) in [6.45, 7) is 4.14. The second-order valence-corrected chi connectivity index (χ2v) is 7.48. The predicted molar refractivity (Wildman–Crippen MR) is 107 cm³/mol. The second-order valence-electron chi connectivity index (χ2n) is 7.48. The third-order valence-corrected chi connectivity index (χ3v) is 5.66. The van der Waals surface area contributed by atoms with Crippen molar-refractivity contribution in [3.05, 3.63) is 53.3 Å². The molecule has 0 unspecified atom stereocenters. The van der Waals surface area contributed by atoms with Gasteiger partial charge in [-0.2, -0.15) is 0 Å². The van der Waals surface area contributed by atoms with Gasteiger partial charge >= 0.3 is 0 Å². The standard InChI is InChI=1S/C22H27FN2O4/c1-27-19-6-5-16(20(23)11-19)13-25-9-8-24(14-18(25)7-10-26)12-17-3-2-4-21-22(17)29-15-28-21/h2-6,11,18,26H,7-10,12-15H2,1H3/t18-/m0/s1. The maximum atomic E-state index is 14.4. The lowest BCUT2D eigenvalue weighted by molar-refractivity contribution is 0.0488. The molecule has 2 aliphatic heterocycles. The van der Waals surface area contributed by atoms with Gasteiger partial charge in [-0.3, -0.25) is 9.80 Å². The summed E-state index contributed by atoms with van der Waals surface area (Å²) in [4.78, 5) is 4.62. The molecule has 1 N–H and O–H groups in total. The first-order valence-corrected chi connectivity index (χ1v) is 9.95. The number of hydrogen-bond donors (Lipinski definition) is 1. The zero-order valence-electron chi connectivity index (χ0n) is 16.6. The minimum Gasteiger partial charge on any atom is -0.497 e. The lowest BCUT2D eigenvalue weighted by Crippen LogP contribution is -2.52. The summed E-state index contributed by atoms with van der Waals surface area (Å²) in [5, 5.41) is 9.56. The Morgan fingerprint density at radius 2 is 2.03 bits per heavy atom. The first-order chi connectivity index (χ1) is 14.2. The maximum Gasteiger partial charge on any atom is 0.231 e. The molecule has 0 spiro atoms. The highest BCUT2D eigenvalue weighted by Gasteiger charge is 2.28. The van der Waals surface area contributed by atoms with Gasteiger partial charge in [0.2, 0.25) is 6.79 Å². The van der Waals surface area contributed by atoms with Crippen molar-refractivity contribution >= 4 is 0 Å². The number of para-hydroxylation sites is 1. The van der Waals surface area contributed by atoms with Gasteiger partial charge in [-0.1, -0.05) is 18.2 Å². The molecule has 2 heterocycles. The van der Waals surface area contributed by atoms with Crippen LogP contribution >= 0.6 is 0 Å². The highest BCUT2D eigenvalue weighted by atomic mass is 19.1. The molecule has 2 aromatic rings. The highest BCUT2D eigenvalue weighted by Crippen LogP contribution is 2.36. The van der Waals surface area contributed by atoms with E-state index in [1.807, 2.05) is 12.1 Å². The first kappa shape index (κ1) is 19.9. The largest absolute Gasteiger partial charge is 0.497 e. The average Bonchev–Trinajstić information content (AvgIpc) is 3.21. The van der Waals surface area contributed by atoms with Crippen LogP contribution < -0.4 is 14.2 Å². The molecule has 0 radical (unpaired) electrons. The van der Waals surface area contributed by atoms with Crippen molar-refractivity contribution in [2.24, 2.45) is 0 Å². The molecule has 0 aromatic heterocycles. The lowest BCUT2D eigenvalue weighted by atomic mass is 10.1. The van der Waals surface area contributed by atoms with E-state index in [2.05, 4.69) is 15.9 Å². The van der Waals surface area contributed by atoms with Crippen LogP contribution in [0.1, 0.15) is 17.5 Å². The molecule has 1 fully saturated rings. The summed E-state index contributed by atoms with van der Waals surface area (Å²) in [6.07, 6.45) is 0.654. The van der Waals surface area contributed by atoms with Crippen LogP contribution in [-0.2, 0) is 13.1 Å². The normalized spacial score (nSPS) is 19.5. The van der Waals surface area contributed by atoms with Crippen molar-refractivity contribution in [2.45, 2.75) is 25.6 Å². The van der Waals surface area contributed by atoms with E-state index in [0.717, 1.165) is 43.2 Å². The number of benzene rings is 2. The van der Waals surface area contributed by atoms with Gasteiger partial charge in [0.1, 0.15) is 11.6 Å². The van der Waals surface area contributed by atoms with Crippen LogP contribution in [-0.4, -0.2) is 61.1 Å². The molecule has 1 saturated heterocycles. The lowest BCUT2D eigenvalue weighted by Gasteiger charge is -2.41. The van der Waals surface area contributed by atoms with E-state index < -0.39 is 0 Å². The molecule has 4 rings (SSSR count). The molecule has 2 aliphatic rings. The van der Waals surface area contributed by atoms with Gasteiger partial charge in [0.15, 0.2) is 11.5 Å². The smallest absolute Gasteiger partial charge is 0.231 e. The average molecular weight is 402 g/mol. The summed E-state index contributed by atoms with van der Waals surface area (Å²) in [6, 6.07) is 11.1. The second kappa shape index (κ2) is 8.98. The summed E-state index contributed by atoms with van der Waals surface area (Å²) >= 11 is 0. The summed E-state index contributed by atoms with van der Waals surface area (Å²) in [5.74, 6) is 1.88. The van der Waals surface area contributed by atoms with Crippen LogP contribution in [0.25, 0.3) is 0 Å². The van der Waals surface area contributed by atoms with Gasteiger partial charge in [0.25, 0.3) is 0 Å². The molecule has 6 nitrogen and oxygen atoms in total. The van der Waals surface area contributed by atoms with Crippen LogP contribution in [0.4, 0.5) is 4.39 Å². The molecule has 2 aromatic carbocycles. The molecule has 0 amide bonds. The number of hydrogen-bond acceptors (Lipinski definition) is 6. The number of halogens is 1. The van der Waals surface area contributed by atoms with Crippen molar-refractivity contribution in [2.75, 3.05) is 40.1 Å². The number of methoxy groups -OCH3 is 1. The molecule has 0 aliphatic carbocycles. The van der Waals surface area contributed by atoms with Crippen molar-refractivity contribution in [3.8, 4) is 17.2 Å². The number of fused-ring (bicyclic) bond motifs is 1. The summed E-state index contributed by atoms with van der Waals surface area (Å²) < 4.78 is 30.6. The zero-order chi connectivity index (χ0) is 20.2. The van der Waals surface area contributed by atoms with E-state index in [1.165, 1.54) is 13.2 Å². The quantitative estimate of drug-likeness (QED) is 0.769. The fraction of sp³-hybridized carbons (Fsp3) is 0.455. The Balaban J connectivity index is 1.43. The Labute approximate surface area is 170 Å². The third kappa shape index (κ3) is 4.47. The molecule has 0 bridgehead atoms. The van der Waals surface area contributed by atoms with Crippen molar-refractivity contribution in [1.82, 2.24) is 9.80 Å². The number of aliphatic hydroxyl groups is 1. The molecule has 0 saturated carbocycles. The Morgan fingerprint density at radius 1 is 1.14 bits per heavy atom. The number of nitrogens with zero attached hydrogens (tertiary/aromatic N) is 2. The van der Waals surface area contributed by atoms with E-state index in [4.69, 9.17) is 14.2 Å². The van der Waals surface area contributed by atoms with Gasteiger partial charge in [0.05, 0.1) is 7.11 Å². The van der Waals surface area contributed by atoms with Gasteiger partial charge in [-0.25, -0.2) is 4.39 Å². The van der Waals surface area contributed by atoms with E-state index in [1.54, 1.807) is 12.1 Å². The number of piperazine rings is 1. The Bertz CT molecular complexity index is 848. The minimum atomic E-state index is -0.258. The Kier molecular flexibility index (Phi) is 6.18. The number of ether oxygens (including phenoxy) is 3. The van der Waals surface area contributed by atoms with Crippen LogP contribution in [0, 0.1) is 5.82 Å². The molecule has 7 heteroatoms. The van der Waals surface area contributed by atoms with Crippen LogP contribution in [0.5, 0.6) is 17.2 Å². The van der Waals surface area contributed by atoms with Gasteiger partial charge in [-0.15, -0.1) is 0 Å². The van der Waals surface area contributed by atoms with E-state index >= 15 is 0 Å². The van der Waals surface area contributed by atoms with Gasteiger partial charge in [0, 0.05) is 62.6 Å². The van der Waals surface area contributed by atoms with E-state index in [9.17, 15) is 9.50 Å². The van der Waals surface area contributed by atoms with Gasteiger partial charge in [-0.05, 0) is 18.6 Å². The number of rotatable bonds is 7. The summed E-state index contributed by atoms with van der Waals surface area (Å²) in [7, 11) is 1.53. The fourth-order valence-electron chi connectivity index (χ4n) is 4.09. The SMILES string of the molecule is COc1ccc(CN2CCN(Cc3cccc4c3OCO4)C[C@@H]2CCO)c(F)c1. The zero-order valence-corrected chi connectivity index (χ0v) is 16.6. The highest BCUT2D eigenvalue weighted by molar-refractivity contribution is 5.48. The van der Waals surface area contributed by atoms with Crippen molar-refractivity contribution in [1.29, 1.82) is 0 Å². The molecular weight excluding hydrogens is 375 g/mol. The molecule has 29 heavy (non-hydrogen) atoms. The fourth-order valence-corrected chi connectivity index (χ4v) is 4.09. The van der Waals surface area contributed by atoms with E-state index in [-0.39, 0.29) is 25.3 Å². The Morgan fingerprint density at radius 3 is 2.83 bits per heavy atom. The minimum absolute atomic E-state index is 0.109. The van der Waals surface area contributed by atoms with Gasteiger partial charge < -0.3 is 19.3 Å². The van der Waals surface area contributed by atoms with Crippen molar-refractivity contribution < 1.29 is 23.7 Å². The van der Waals surface area contributed by atoms with E-state index in [0.29, 0.717) is 24.3 Å². The topological polar surface area (TPSA) is 54.4 Å². The Hall–Kier alpha value is -2.35. The first-order valence-electron chi connectivity index (χ1n) is 9.95. The molecular formula is C22H27FN2O4. The third-order valence-electron chi connectivity index (χ3n) is 5.66. The molecule has 156 valence electrons. The van der Waals surface area contributed by atoms with Crippen molar-refractivity contribution in [3.63, 3.8) is 0 Å². The van der Waals surface area contributed by atoms with Crippen LogP contribution in [0.15, 0.2) is 36.4 Å². The monoisotopic (exact) mass is 402 g/mol. The maximum absolute atomic E-state index is 14.4. The summed E-state index contributed by atoms with van der Waals surface area (Å²) in [5.41, 5.74) is 1.76.